The minimum absolute atomic E-state index is 0.00904. The molecule has 2 aromatic rings. The molecular weight excluding hydrogens is 360 g/mol. The molecule has 1 atom stereocenters. The number of hydrogen-bond donors (Lipinski definition) is 2. The van der Waals surface area contributed by atoms with Crippen molar-refractivity contribution in [2.75, 3.05) is 11.9 Å². The number of fused-ring (bicyclic) bond motifs is 1. The summed E-state index contributed by atoms with van der Waals surface area (Å²) in [6.07, 6.45) is 0.757. The Morgan fingerprint density at radius 3 is 2.74 bits per heavy atom. The van der Waals surface area contributed by atoms with E-state index in [2.05, 4.69) is 36.3 Å². The summed E-state index contributed by atoms with van der Waals surface area (Å²) in [7, 11) is 0. The van der Waals surface area contributed by atoms with Gasteiger partial charge in [0.15, 0.2) is 0 Å². The zero-order valence-electron chi connectivity index (χ0n) is 16.0. The largest absolute Gasteiger partial charge is 0.348 e. The molecule has 1 aliphatic heterocycles. The normalized spacial score (nSPS) is 14.3. The fourth-order valence-corrected chi connectivity index (χ4v) is 3.43. The van der Waals surface area contributed by atoms with Crippen LogP contribution in [0.15, 0.2) is 29.1 Å². The molecule has 5 nitrogen and oxygen atoms in total. The van der Waals surface area contributed by atoms with Gasteiger partial charge in [0.2, 0.25) is 5.95 Å². The van der Waals surface area contributed by atoms with E-state index < -0.39 is 0 Å². The lowest BCUT2D eigenvalue weighted by Crippen LogP contribution is -2.37. The van der Waals surface area contributed by atoms with Crippen LogP contribution < -0.4 is 16.2 Å². The van der Waals surface area contributed by atoms with Crippen molar-refractivity contribution in [2.24, 2.45) is 5.92 Å². The van der Waals surface area contributed by atoms with Crippen LogP contribution in [-0.4, -0.2) is 16.1 Å². The molecule has 0 spiro atoms. The maximum atomic E-state index is 13.0. The van der Waals surface area contributed by atoms with Crippen LogP contribution in [0.5, 0.6) is 0 Å². The van der Waals surface area contributed by atoms with Gasteiger partial charge in [-0.25, -0.2) is 4.98 Å². The Balaban J connectivity index is 2.04. The highest BCUT2D eigenvalue weighted by molar-refractivity contribution is 6.30. The lowest BCUT2D eigenvalue weighted by molar-refractivity contribution is 0.533. The van der Waals surface area contributed by atoms with E-state index in [0.717, 1.165) is 29.8 Å². The molecule has 0 saturated heterocycles. The number of hydrogen-bond acceptors (Lipinski definition) is 4. The molecule has 2 heterocycles. The molecule has 0 radical (unpaired) electrons. The zero-order valence-corrected chi connectivity index (χ0v) is 16.7. The molecule has 1 aromatic heterocycles. The summed E-state index contributed by atoms with van der Waals surface area (Å²) in [6, 6.07) is 7.80. The molecule has 0 amide bonds. The van der Waals surface area contributed by atoms with Crippen LogP contribution in [0.3, 0.4) is 0 Å². The molecule has 6 heteroatoms. The summed E-state index contributed by atoms with van der Waals surface area (Å²) in [5.41, 5.74) is 2.71. The highest BCUT2D eigenvalue weighted by atomic mass is 35.5. The summed E-state index contributed by atoms with van der Waals surface area (Å²) in [6.45, 7) is 7.78. The fourth-order valence-electron chi connectivity index (χ4n) is 3.30. The number of nitrogens with zero attached hydrogens (tertiary/aromatic N) is 2. The first-order chi connectivity index (χ1) is 13.0. The van der Waals surface area contributed by atoms with Crippen LogP contribution in [0.25, 0.3) is 0 Å². The summed E-state index contributed by atoms with van der Waals surface area (Å²) in [4.78, 5) is 17.8. The average Bonchev–Trinajstić information content (AvgIpc) is 2.66. The Labute approximate surface area is 165 Å². The van der Waals surface area contributed by atoms with E-state index in [1.165, 1.54) is 0 Å². The Kier molecular flexibility index (Phi) is 6.20. The molecule has 0 aliphatic carbocycles. The molecular formula is C21H25ClN4O. The van der Waals surface area contributed by atoms with Crippen LogP contribution in [0.2, 0.25) is 5.02 Å². The lowest BCUT2D eigenvalue weighted by atomic mass is 9.96. The monoisotopic (exact) mass is 384 g/mol. The van der Waals surface area contributed by atoms with Gasteiger partial charge in [0.05, 0.1) is 23.8 Å². The van der Waals surface area contributed by atoms with Crippen molar-refractivity contribution in [2.45, 2.75) is 46.3 Å². The van der Waals surface area contributed by atoms with Crippen LogP contribution in [-0.2, 0) is 19.5 Å². The second-order valence-corrected chi connectivity index (χ2v) is 7.46. The Bertz CT molecular complexity index is 922. The highest BCUT2D eigenvalue weighted by Gasteiger charge is 2.22. The molecule has 0 saturated carbocycles. The molecule has 0 fully saturated rings. The number of rotatable bonds is 5. The van der Waals surface area contributed by atoms with Gasteiger partial charge in [0.1, 0.15) is 0 Å². The minimum Gasteiger partial charge on any atom is -0.348 e. The van der Waals surface area contributed by atoms with E-state index in [9.17, 15) is 4.79 Å². The predicted molar refractivity (Wildman–Crippen MR) is 110 cm³/mol. The smallest absolute Gasteiger partial charge is 0.260 e. The maximum absolute atomic E-state index is 13.0. The topological polar surface area (TPSA) is 59.0 Å². The number of halogens is 1. The first kappa shape index (κ1) is 19.5. The third-order valence-corrected chi connectivity index (χ3v) is 5.03. The van der Waals surface area contributed by atoms with Gasteiger partial charge in [-0.2, -0.15) is 0 Å². The molecule has 0 bridgehead atoms. The van der Waals surface area contributed by atoms with Crippen molar-refractivity contribution in [3.8, 4) is 11.8 Å². The van der Waals surface area contributed by atoms with Crippen molar-refractivity contribution < 1.29 is 0 Å². The third kappa shape index (κ3) is 4.35. The van der Waals surface area contributed by atoms with Crippen molar-refractivity contribution >= 4 is 17.5 Å². The van der Waals surface area contributed by atoms with Crippen molar-refractivity contribution in [3.05, 3.63) is 56.5 Å². The molecule has 0 unspecified atom stereocenters. The second-order valence-electron chi connectivity index (χ2n) is 7.02. The summed E-state index contributed by atoms with van der Waals surface area (Å²) < 4.78 is 1.65. The first-order valence-electron chi connectivity index (χ1n) is 9.26. The van der Waals surface area contributed by atoms with Gasteiger partial charge in [0, 0.05) is 24.5 Å². The standard InChI is InChI=1S/C21H25ClN4O/c1-4-5-12-26-20(27)17-13-23-11-10-18(17)24-21(26)25-19(14(2)3)15-6-8-16(22)9-7-15/h6-9,14,19,23H,10-13H2,1-3H3,(H,24,25)/t19-/m0/s1. The maximum Gasteiger partial charge on any atom is 0.260 e. The van der Waals surface area contributed by atoms with Gasteiger partial charge >= 0.3 is 0 Å². The number of benzene rings is 1. The Morgan fingerprint density at radius 2 is 2.07 bits per heavy atom. The van der Waals surface area contributed by atoms with E-state index in [1.54, 1.807) is 11.5 Å². The average molecular weight is 385 g/mol. The van der Waals surface area contributed by atoms with Crippen LogP contribution in [0, 0.1) is 17.8 Å². The van der Waals surface area contributed by atoms with Crippen molar-refractivity contribution in [1.29, 1.82) is 0 Å². The van der Waals surface area contributed by atoms with Crippen LogP contribution in [0.1, 0.15) is 43.6 Å². The fraction of sp³-hybridized carbons (Fsp3) is 0.429. The Morgan fingerprint density at radius 1 is 1.33 bits per heavy atom. The SMILES string of the molecule is CC#CCn1c(N[C@H](c2ccc(Cl)cc2)C(C)C)nc2c(c1=O)CNCC2. The Hall–Kier alpha value is -2.29. The first-order valence-corrected chi connectivity index (χ1v) is 9.64. The van der Waals surface area contributed by atoms with Gasteiger partial charge in [0.25, 0.3) is 5.56 Å². The van der Waals surface area contributed by atoms with Gasteiger partial charge in [-0.15, -0.1) is 5.92 Å². The summed E-state index contributed by atoms with van der Waals surface area (Å²) >= 11 is 6.04. The summed E-state index contributed by atoms with van der Waals surface area (Å²) in [5, 5.41) is 7.46. The highest BCUT2D eigenvalue weighted by Crippen LogP contribution is 2.27. The molecule has 2 N–H and O–H groups in total. The van der Waals surface area contributed by atoms with E-state index in [-0.39, 0.29) is 11.6 Å². The van der Waals surface area contributed by atoms with Crippen LogP contribution >= 0.6 is 11.6 Å². The molecule has 142 valence electrons. The quantitative estimate of drug-likeness (QED) is 0.776. The third-order valence-electron chi connectivity index (χ3n) is 4.78. The van der Waals surface area contributed by atoms with E-state index in [0.29, 0.717) is 30.0 Å². The summed E-state index contributed by atoms with van der Waals surface area (Å²) in [5.74, 6) is 6.74. The second kappa shape index (κ2) is 8.60. The van der Waals surface area contributed by atoms with Gasteiger partial charge in [-0.05, 0) is 30.5 Å². The van der Waals surface area contributed by atoms with Crippen molar-refractivity contribution in [1.82, 2.24) is 14.9 Å². The van der Waals surface area contributed by atoms with Crippen molar-refractivity contribution in [3.63, 3.8) is 0 Å². The zero-order chi connectivity index (χ0) is 19.4. The number of nitrogens with one attached hydrogen (secondary N) is 2. The lowest BCUT2D eigenvalue weighted by Gasteiger charge is -2.26. The molecule has 1 aromatic carbocycles. The van der Waals surface area contributed by atoms with E-state index in [1.807, 2.05) is 24.3 Å². The predicted octanol–water partition coefficient (Wildman–Crippen LogP) is 3.37. The van der Waals surface area contributed by atoms with Gasteiger partial charge in [-0.1, -0.05) is 43.5 Å². The molecule has 27 heavy (non-hydrogen) atoms. The molecule has 3 rings (SSSR count). The van der Waals surface area contributed by atoms with Crippen LogP contribution in [0.4, 0.5) is 5.95 Å². The number of anilines is 1. The van der Waals surface area contributed by atoms with E-state index >= 15 is 0 Å². The van der Waals surface area contributed by atoms with E-state index in [4.69, 9.17) is 16.6 Å². The minimum atomic E-state index is -0.0175. The molecule has 1 aliphatic rings. The number of aromatic nitrogens is 2. The van der Waals surface area contributed by atoms with Gasteiger partial charge < -0.3 is 10.6 Å². The van der Waals surface area contributed by atoms with Gasteiger partial charge in [-0.3, -0.25) is 9.36 Å².